The average molecular weight is 260 g/mol. The molecule has 5 N–H and O–H groups in total. The van der Waals surface area contributed by atoms with E-state index in [0.29, 0.717) is 0 Å². The van der Waals surface area contributed by atoms with E-state index in [0.717, 1.165) is 0 Å². The smallest absolute Gasteiger partial charge is 0.391 e. The van der Waals surface area contributed by atoms with Gasteiger partial charge in [-0.2, -0.15) is 0 Å². The first-order valence-corrected chi connectivity index (χ1v) is 5.86. The highest BCUT2D eigenvalue weighted by Crippen LogP contribution is 2.35. The second-order valence-corrected chi connectivity index (χ2v) is 4.67. The molecule has 15 heavy (non-hydrogen) atoms. The molecule has 0 bridgehead atoms. The molecule has 0 rings (SSSR count). The third kappa shape index (κ3) is 6.29. The fourth-order valence-corrected chi connectivity index (χ4v) is 1.28. The number of hydrogen-bond acceptors (Lipinski definition) is 6. The first kappa shape index (κ1) is 15.1. The lowest BCUT2D eigenvalue weighted by Crippen LogP contribution is -2.41. The highest BCUT2D eigenvalue weighted by atomic mass is 32.1. The van der Waals surface area contributed by atoms with Crippen LogP contribution in [0.2, 0.25) is 0 Å². The molecule has 0 radical (unpaired) electrons. The van der Waals surface area contributed by atoms with Gasteiger partial charge in [-0.05, 0) is 6.92 Å². The predicted octanol–water partition coefficient (Wildman–Crippen LogP) is -1.43. The lowest BCUT2D eigenvalue weighted by Gasteiger charge is -2.20. The summed E-state index contributed by atoms with van der Waals surface area (Å²) in [5, 5.41) is 27.3. The molecule has 0 aliphatic carbocycles. The summed E-state index contributed by atoms with van der Waals surface area (Å²) in [4.78, 5) is 16.4. The normalized spacial score (nSPS) is 18.3. The molecular weight excluding hydrogens is 247 g/mol. The van der Waals surface area contributed by atoms with E-state index >= 15 is 0 Å². The third-order valence-electron chi connectivity index (χ3n) is 1.52. The number of aliphatic hydroxyl groups excluding tert-OH is 3. The van der Waals surface area contributed by atoms with Crippen molar-refractivity contribution in [1.82, 2.24) is 0 Å². The molecule has 0 saturated carbocycles. The molecule has 0 aromatic rings. The molecule has 0 amide bonds. The van der Waals surface area contributed by atoms with E-state index in [1.54, 1.807) is 0 Å². The summed E-state index contributed by atoms with van der Waals surface area (Å²) >= 11 is 4.55. The number of phosphoric acid groups is 1. The molecule has 0 aromatic carbocycles. The van der Waals surface area contributed by atoms with Crippen molar-refractivity contribution in [2.45, 2.75) is 25.2 Å². The van der Waals surface area contributed by atoms with Crippen LogP contribution in [0.5, 0.6) is 0 Å². The molecule has 9 heteroatoms. The maximum atomic E-state index is 10.3. The molecule has 0 aliphatic heterocycles. The molecule has 0 aliphatic rings. The quantitative estimate of drug-likeness (QED) is 0.290. The summed E-state index contributed by atoms with van der Waals surface area (Å²) in [6.45, 7) is 0.560. The van der Waals surface area contributed by atoms with Crippen molar-refractivity contribution in [2.75, 3.05) is 6.61 Å². The first-order chi connectivity index (χ1) is 6.65. The number of aliphatic hydroxyl groups is 3. The molecule has 0 heterocycles. The van der Waals surface area contributed by atoms with Crippen molar-refractivity contribution in [3.8, 4) is 0 Å². The zero-order valence-corrected chi connectivity index (χ0v) is 9.56. The van der Waals surface area contributed by atoms with Crippen LogP contribution in [-0.2, 0) is 9.09 Å². The van der Waals surface area contributed by atoms with Crippen LogP contribution in [-0.4, -0.2) is 54.9 Å². The number of hydrogen-bond donors (Lipinski definition) is 5. The van der Waals surface area contributed by atoms with Crippen molar-refractivity contribution < 1.29 is 34.2 Å². The van der Waals surface area contributed by atoms with Gasteiger partial charge in [-0.15, -0.1) is 0 Å². The topological polar surface area (TPSA) is 127 Å². The second-order valence-electron chi connectivity index (χ2n) is 2.91. The van der Waals surface area contributed by atoms with Gasteiger partial charge in [0.1, 0.15) is 12.2 Å². The first-order valence-electron chi connectivity index (χ1n) is 3.92. The molecule has 3 atom stereocenters. The highest BCUT2D eigenvalue weighted by molar-refractivity contribution is 7.80. The average Bonchev–Trinajstić information content (AvgIpc) is 2.10. The van der Waals surface area contributed by atoms with E-state index < -0.39 is 32.7 Å². The largest absolute Gasteiger partial charge is 0.469 e. The van der Waals surface area contributed by atoms with Crippen LogP contribution in [0.4, 0.5) is 0 Å². The Kier molecular flexibility index (Phi) is 6.01. The predicted molar refractivity (Wildman–Crippen MR) is 54.3 cm³/mol. The van der Waals surface area contributed by atoms with Gasteiger partial charge in [-0.3, -0.25) is 4.52 Å². The van der Waals surface area contributed by atoms with E-state index in [9.17, 15) is 9.67 Å². The lowest BCUT2D eigenvalue weighted by atomic mass is 10.1. The Morgan fingerprint density at radius 1 is 1.40 bits per heavy atom. The van der Waals surface area contributed by atoms with Crippen LogP contribution in [0.3, 0.4) is 0 Å². The molecule has 90 valence electrons. The minimum absolute atomic E-state index is 0.299. The van der Waals surface area contributed by atoms with Crippen molar-refractivity contribution in [1.29, 1.82) is 0 Å². The molecule has 7 nitrogen and oxygen atoms in total. The SMILES string of the molecule is CC(O)[C@@H](O)[C@@H](O)C(=S)COP(=O)(O)O. The molecule has 0 fully saturated rings. The van der Waals surface area contributed by atoms with Crippen LogP contribution >= 0.6 is 20.0 Å². The third-order valence-corrected chi connectivity index (χ3v) is 2.35. The van der Waals surface area contributed by atoms with E-state index in [4.69, 9.17) is 20.0 Å². The van der Waals surface area contributed by atoms with Gasteiger partial charge in [0.15, 0.2) is 0 Å². The van der Waals surface area contributed by atoms with Crippen LogP contribution in [0.1, 0.15) is 6.92 Å². The highest BCUT2D eigenvalue weighted by Gasteiger charge is 2.26. The summed E-state index contributed by atoms with van der Waals surface area (Å²) in [6.07, 6.45) is -4.31. The van der Waals surface area contributed by atoms with Gasteiger partial charge >= 0.3 is 7.82 Å². The summed E-state index contributed by atoms with van der Waals surface area (Å²) in [7, 11) is -4.66. The fourth-order valence-electron chi connectivity index (χ4n) is 0.687. The second kappa shape index (κ2) is 5.97. The van der Waals surface area contributed by atoms with E-state index in [1.807, 2.05) is 0 Å². The summed E-state index contributed by atoms with van der Waals surface area (Å²) in [6, 6.07) is 0. The molecule has 0 aromatic heterocycles. The van der Waals surface area contributed by atoms with Crippen LogP contribution in [0.25, 0.3) is 0 Å². The van der Waals surface area contributed by atoms with Gasteiger partial charge in [0.05, 0.1) is 17.6 Å². The van der Waals surface area contributed by atoms with Crippen molar-refractivity contribution in [3.05, 3.63) is 0 Å². The van der Waals surface area contributed by atoms with E-state index in [-0.39, 0.29) is 4.86 Å². The number of thiocarbonyl (C=S) groups is 1. The summed E-state index contributed by atoms with van der Waals surface area (Å²) in [5.74, 6) is 0. The van der Waals surface area contributed by atoms with Gasteiger partial charge in [0, 0.05) is 0 Å². The Morgan fingerprint density at radius 3 is 2.20 bits per heavy atom. The maximum Gasteiger partial charge on any atom is 0.469 e. The van der Waals surface area contributed by atoms with Gasteiger partial charge < -0.3 is 25.1 Å². The Labute approximate surface area is 91.6 Å². The lowest BCUT2D eigenvalue weighted by molar-refractivity contribution is -0.0260. The van der Waals surface area contributed by atoms with Gasteiger partial charge in [0.25, 0.3) is 0 Å². The standard InChI is InChI=1S/C6H13O7PS/c1-3(7)5(8)6(9)4(15)2-13-14(10,11)12/h3,5-9H,2H2,1H3,(H2,10,11,12)/t3?,5-,6+/m1/s1. The van der Waals surface area contributed by atoms with Crippen molar-refractivity contribution >= 4 is 24.9 Å². The van der Waals surface area contributed by atoms with Crippen molar-refractivity contribution in [2.24, 2.45) is 0 Å². The number of phosphoric ester groups is 1. The molecule has 1 unspecified atom stereocenters. The van der Waals surface area contributed by atoms with Gasteiger partial charge in [-0.25, -0.2) is 4.57 Å². The number of rotatable bonds is 6. The monoisotopic (exact) mass is 260 g/mol. The minimum Gasteiger partial charge on any atom is -0.391 e. The van der Waals surface area contributed by atoms with Crippen molar-refractivity contribution in [3.63, 3.8) is 0 Å². The van der Waals surface area contributed by atoms with Crippen LogP contribution < -0.4 is 0 Å². The van der Waals surface area contributed by atoms with Gasteiger partial charge in [0.2, 0.25) is 0 Å². The Balaban J connectivity index is 4.17. The maximum absolute atomic E-state index is 10.3. The molecular formula is C6H13O7PS. The van der Waals surface area contributed by atoms with E-state index in [2.05, 4.69) is 16.7 Å². The summed E-state index contributed by atoms with van der Waals surface area (Å²) < 4.78 is 14.3. The minimum atomic E-state index is -4.66. The Bertz CT molecular complexity index is 262. The molecule has 0 saturated heterocycles. The summed E-state index contributed by atoms with van der Waals surface area (Å²) in [5.41, 5.74) is 0. The van der Waals surface area contributed by atoms with Crippen LogP contribution in [0, 0.1) is 0 Å². The Morgan fingerprint density at radius 2 is 1.87 bits per heavy atom. The molecule has 0 spiro atoms. The zero-order valence-electron chi connectivity index (χ0n) is 7.85. The zero-order chi connectivity index (χ0) is 12.2. The van der Waals surface area contributed by atoms with Crippen LogP contribution in [0.15, 0.2) is 0 Å². The van der Waals surface area contributed by atoms with E-state index in [1.165, 1.54) is 6.92 Å². The van der Waals surface area contributed by atoms with Gasteiger partial charge in [-0.1, -0.05) is 12.2 Å². The fraction of sp³-hybridized carbons (Fsp3) is 0.833. The Hall–Kier alpha value is 0.0800.